The number of rotatable bonds is 3. The minimum Gasteiger partial charge on any atom is -0.389 e. The first-order chi connectivity index (χ1) is 9.04. The summed E-state index contributed by atoms with van der Waals surface area (Å²) >= 11 is 10.7. The topological polar surface area (TPSA) is 48.0 Å². The Morgan fingerprint density at radius 2 is 1.89 bits per heavy atom. The highest BCUT2D eigenvalue weighted by atomic mass is 35.5. The lowest BCUT2D eigenvalue weighted by Crippen LogP contribution is -2.29. The molecule has 2 N–H and O–H groups in total. The molecule has 0 saturated carbocycles. The molecule has 0 atom stereocenters. The number of benzene rings is 1. The van der Waals surface area contributed by atoms with Crippen LogP contribution in [0.3, 0.4) is 0 Å². The molecule has 2 rings (SSSR count). The standard InChI is InChI=1S/C14H13ClN2OS/c1-2-17-12(9-3-5-10(15)6-4-9)8-7-11(13(16)19)14(17)18/h3-8H,2H2,1H3,(H2,16,19). The first-order valence-corrected chi connectivity index (χ1v) is 6.62. The molecule has 0 aliphatic carbocycles. The van der Waals surface area contributed by atoms with Gasteiger partial charge in [-0.05, 0) is 36.8 Å². The Kier molecular flexibility index (Phi) is 4.02. The van der Waals surface area contributed by atoms with E-state index in [-0.39, 0.29) is 10.5 Å². The summed E-state index contributed by atoms with van der Waals surface area (Å²) < 4.78 is 1.65. The lowest BCUT2D eigenvalue weighted by molar-refractivity contribution is 0.734. The molecule has 0 radical (unpaired) electrons. The first kappa shape index (κ1) is 13.8. The summed E-state index contributed by atoms with van der Waals surface area (Å²) in [5.41, 5.74) is 7.50. The van der Waals surface area contributed by atoms with Crippen LogP contribution in [0.15, 0.2) is 41.2 Å². The maximum Gasteiger partial charge on any atom is 0.261 e. The van der Waals surface area contributed by atoms with Crippen LogP contribution in [0, 0.1) is 0 Å². The molecule has 0 spiro atoms. The Hall–Kier alpha value is -1.65. The van der Waals surface area contributed by atoms with E-state index in [4.69, 9.17) is 29.6 Å². The van der Waals surface area contributed by atoms with E-state index in [0.717, 1.165) is 11.3 Å². The molecule has 5 heteroatoms. The van der Waals surface area contributed by atoms with Crippen molar-refractivity contribution in [1.29, 1.82) is 0 Å². The van der Waals surface area contributed by atoms with Gasteiger partial charge in [-0.1, -0.05) is 36.0 Å². The van der Waals surface area contributed by atoms with Crippen LogP contribution in [0.1, 0.15) is 12.5 Å². The van der Waals surface area contributed by atoms with Gasteiger partial charge >= 0.3 is 0 Å². The highest BCUT2D eigenvalue weighted by Gasteiger charge is 2.10. The summed E-state index contributed by atoms with van der Waals surface area (Å²) in [7, 11) is 0. The average molecular weight is 293 g/mol. The number of nitrogens with zero attached hydrogens (tertiary/aromatic N) is 1. The molecule has 98 valence electrons. The van der Waals surface area contributed by atoms with Crippen LogP contribution < -0.4 is 11.3 Å². The second-order valence-electron chi connectivity index (χ2n) is 4.05. The zero-order valence-electron chi connectivity index (χ0n) is 10.4. The van der Waals surface area contributed by atoms with Crippen LogP contribution in [0.2, 0.25) is 5.02 Å². The number of hydrogen-bond donors (Lipinski definition) is 1. The minimum atomic E-state index is -0.164. The number of thiocarbonyl (C=S) groups is 1. The molecule has 0 unspecified atom stereocenters. The molecule has 1 aromatic heterocycles. The predicted octanol–water partition coefficient (Wildman–Crippen LogP) is 2.82. The Bertz CT molecular complexity index is 677. The largest absolute Gasteiger partial charge is 0.389 e. The third-order valence-corrected chi connectivity index (χ3v) is 3.37. The van der Waals surface area contributed by atoms with E-state index < -0.39 is 0 Å². The molecule has 1 aromatic carbocycles. The summed E-state index contributed by atoms with van der Waals surface area (Å²) in [6.45, 7) is 2.46. The van der Waals surface area contributed by atoms with Gasteiger partial charge < -0.3 is 10.3 Å². The Labute approximate surface area is 121 Å². The zero-order valence-corrected chi connectivity index (χ0v) is 12.0. The highest BCUT2D eigenvalue weighted by molar-refractivity contribution is 7.80. The fraction of sp³-hybridized carbons (Fsp3) is 0.143. The number of nitrogens with two attached hydrogens (primary N) is 1. The van der Waals surface area contributed by atoms with Crippen molar-refractivity contribution < 1.29 is 0 Å². The fourth-order valence-corrected chi connectivity index (χ4v) is 2.23. The van der Waals surface area contributed by atoms with Gasteiger partial charge in [0.05, 0.1) is 11.3 Å². The highest BCUT2D eigenvalue weighted by Crippen LogP contribution is 2.20. The van der Waals surface area contributed by atoms with Crippen LogP contribution in [-0.4, -0.2) is 9.56 Å². The fourth-order valence-electron chi connectivity index (χ4n) is 1.95. The molecule has 0 saturated heterocycles. The summed E-state index contributed by atoms with van der Waals surface area (Å²) in [5.74, 6) is 0. The van der Waals surface area contributed by atoms with Gasteiger partial charge in [0.15, 0.2) is 0 Å². The number of aromatic nitrogens is 1. The van der Waals surface area contributed by atoms with Gasteiger partial charge in [0.2, 0.25) is 0 Å². The maximum absolute atomic E-state index is 12.3. The van der Waals surface area contributed by atoms with Crippen molar-refractivity contribution in [2.45, 2.75) is 13.5 Å². The van der Waals surface area contributed by atoms with Gasteiger partial charge in [-0.3, -0.25) is 4.79 Å². The summed E-state index contributed by atoms with van der Waals surface area (Å²) in [6.07, 6.45) is 0. The number of halogens is 1. The molecule has 3 nitrogen and oxygen atoms in total. The maximum atomic E-state index is 12.3. The third-order valence-electron chi connectivity index (χ3n) is 2.90. The molecule has 1 heterocycles. The second kappa shape index (κ2) is 5.55. The zero-order chi connectivity index (χ0) is 14.0. The van der Waals surface area contributed by atoms with Crippen LogP contribution in [0.25, 0.3) is 11.3 Å². The van der Waals surface area contributed by atoms with Crippen molar-refractivity contribution in [1.82, 2.24) is 4.57 Å². The number of pyridine rings is 1. The number of hydrogen-bond acceptors (Lipinski definition) is 2. The van der Waals surface area contributed by atoms with E-state index in [1.165, 1.54) is 0 Å². The van der Waals surface area contributed by atoms with Crippen LogP contribution in [-0.2, 0) is 6.54 Å². The van der Waals surface area contributed by atoms with Crippen molar-refractivity contribution in [2.24, 2.45) is 5.73 Å². The molecule has 19 heavy (non-hydrogen) atoms. The lowest BCUT2D eigenvalue weighted by Gasteiger charge is -2.12. The Balaban J connectivity index is 2.65. The summed E-state index contributed by atoms with van der Waals surface area (Å²) in [4.78, 5) is 12.4. The predicted molar refractivity (Wildman–Crippen MR) is 82.7 cm³/mol. The Morgan fingerprint density at radius 1 is 1.26 bits per heavy atom. The smallest absolute Gasteiger partial charge is 0.261 e. The molecule has 0 aliphatic rings. The molecule has 0 fully saturated rings. The van der Waals surface area contributed by atoms with Gasteiger partial charge in [-0.15, -0.1) is 0 Å². The van der Waals surface area contributed by atoms with E-state index in [9.17, 15) is 4.79 Å². The van der Waals surface area contributed by atoms with Crippen LogP contribution in [0.5, 0.6) is 0 Å². The monoisotopic (exact) mass is 292 g/mol. The van der Waals surface area contributed by atoms with E-state index in [0.29, 0.717) is 17.1 Å². The quantitative estimate of drug-likeness (QED) is 0.885. The third kappa shape index (κ3) is 2.69. The van der Waals surface area contributed by atoms with Gasteiger partial charge in [-0.2, -0.15) is 0 Å². The molecule has 0 aliphatic heterocycles. The lowest BCUT2D eigenvalue weighted by atomic mass is 10.1. The summed E-state index contributed by atoms with van der Waals surface area (Å²) in [5, 5.41) is 0.661. The van der Waals surface area contributed by atoms with E-state index >= 15 is 0 Å². The van der Waals surface area contributed by atoms with Crippen molar-refractivity contribution in [2.75, 3.05) is 0 Å². The van der Waals surface area contributed by atoms with E-state index in [1.54, 1.807) is 22.8 Å². The van der Waals surface area contributed by atoms with Crippen LogP contribution in [0.4, 0.5) is 0 Å². The first-order valence-electron chi connectivity index (χ1n) is 5.84. The Morgan fingerprint density at radius 3 is 2.42 bits per heavy atom. The minimum absolute atomic E-state index is 0.120. The summed E-state index contributed by atoms with van der Waals surface area (Å²) in [6, 6.07) is 10.9. The van der Waals surface area contributed by atoms with Crippen molar-refractivity contribution in [3.05, 3.63) is 57.3 Å². The van der Waals surface area contributed by atoms with Crippen molar-refractivity contribution >= 4 is 28.8 Å². The van der Waals surface area contributed by atoms with Gasteiger partial charge in [0.25, 0.3) is 5.56 Å². The average Bonchev–Trinajstić information content (AvgIpc) is 2.38. The van der Waals surface area contributed by atoms with Crippen LogP contribution >= 0.6 is 23.8 Å². The van der Waals surface area contributed by atoms with Crippen molar-refractivity contribution in [3.8, 4) is 11.3 Å². The SMILES string of the molecule is CCn1c(-c2ccc(Cl)cc2)ccc(C(N)=S)c1=O. The van der Waals surface area contributed by atoms with Crippen molar-refractivity contribution in [3.63, 3.8) is 0 Å². The van der Waals surface area contributed by atoms with Gasteiger partial charge in [0.1, 0.15) is 4.99 Å². The molecular weight excluding hydrogens is 280 g/mol. The second-order valence-corrected chi connectivity index (χ2v) is 4.93. The van der Waals surface area contributed by atoms with Gasteiger partial charge in [0, 0.05) is 11.6 Å². The molecule has 0 amide bonds. The van der Waals surface area contributed by atoms with E-state index in [2.05, 4.69) is 0 Å². The normalized spacial score (nSPS) is 10.4. The van der Waals surface area contributed by atoms with Gasteiger partial charge in [-0.25, -0.2) is 0 Å². The van der Waals surface area contributed by atoms with E-state index in [1.807, 2.05) is 25.1 Å². The molecular formula is C14H13ClN2OS. The molecule has 2 aromatic rings. The molecule has 0 bridgehead atoms.